The van der Waals surface area contributed by atoms with Gasteiger partial charge in [-0.05, 0) is 35.4 Å². The Morgan fingerprint density at radius 3 is 1.95 bits per heavy atom. The molecule has 1 aromatic rings. The van der Waals surface area contributed by atoms with Gasteiger partial charge < -0.3 is 30.4 Å². The lowest BCUT2D eigenvalue weighted by molar-refractivity contribution is -0.428. The predicted molar refractivity (Wildman–Crippen MR) is 155 cm³/mol. The van der Waals surface area contributed by atoms with Gasteiger partial charge >= 0.3 is 11.6 Å². The third-order valence-corrected chi connectivity index (χ3v) is 8.39. The molecule has 1 unspecified atom stereocenters. The first-order valence-corrected chi connectivity index (χ1v) is 15.7. The fourth-order valence-corrected chi connectivity index (χ4v) is 5.58. The van der Waals surface area contributed by atoms with Crippen molar-refractivity contribution < 1.29 is 34.8 Å². The van der Waals surface area contributed by atoms with Crippen molar-refractivity contribution in [3.8, 4) is 0 Å². The number of hydroxylamine groups is 2. The number of aromatic amines is 1. The molecule has 0 bridgehead atoms. The molecule has 0 spiro atoms. The minimum Gasteiger partial charge on any atom is -0.394 e. The largest absolute Gasteiger partial charge is 0.394 e. The van der Waals surface area contributed by atoms with Crippen molar-refractivity contribution in [2.24, 2.45) is 0 Å². The van der Waals surface area contributed by atoms with E-state index in [2.05, 4.69) is 6.92 Å². The van der Waals surface area contributed by atoms with Crippen LogP contribution in [0.15, 0.2) is 15.8 Å². The van der Waals surface area contributed by atoms with Crippen LogP contribution >= 0.6 is 22.6 Å². The molecule has 5 atom stereocenters. The molecule has 232 valence electrons. The molecular weight excluding hydrogens is 640 g/mol. The molecule has 40 heavy (non-hydrogen) atoms. The highest BCUT2D eigenvalue weighted by Crippen LogP contribution is 2.44. The second-order valence-electron chi connectivity index (χ2n) is 10.7. The summed E-state index contributed by atoms with van der Waals surface area (Å²) in [4.78, 5) is 26.1. The highest BCUT2D eigenvalue weighted by atomic mass is 127. The number of hydrogen-bond acceptors (Lipinski definition) is 9. The first-order chi connectivity index (χ1) is 19.0. The standard InChI is InChI=1S/C27H47FIN3O8/c1-2-3-4-5-6-7-8-9-10-11-12-13-14-15-16-17-22(28)32(39)26(37)23(34)21(19-33)40-27(26,38)31-18-20(29)24(35)30-25(31)36/h18,21-23,33-34,37-39H,2-17,19H2,1H3,(H,30,35,36)/t21-,22?,23-,26-,27+/m1/s1. The molecule has 0 radical (unpaired) electrons. The van der Waals surface area contributed by atoms with Gasteiger partial charge in [0.2, 0.25) is 5.72 Å². The maximum atomic E-state index is 15.1. The zero-order valence-electron chi connectivity index (χ0n) is 23.4. The van der Waals surface area contributed by atoms with Crippen molar-refractivity contribution in [1.82, 2.24) is 14.6 Å². The lowest BCUT2D eigenvalue weighted by atomic mass is 9.99. The summed E-state index contributed by atoms with van der Waals surface area (Å²) in [5, 5.41) is 52.9. The highest BCUT2D eigenvalue weighted by Gasteiger charge is 2.71. The SMILES string of the molecule is CCCCCCCCCCCCCCCCCC(F)N(O)[C@@]1(O)[C@H](O)[C@@H](CO)O[C@]1(O)n1cc(I)c(=O)[nH]c1=O. The molecule has 2 heterocycles. The molecule has 2 rings (SSSR count). The Labute approximate surface area is 248 Å². The van der Waals surface area contributed by atoms with Gasteiger partial charge in [0.15, 0.2) is 6.30 Å². The summed E-state index contributed by atoms with van der Waals surface area (Å²) < 4.78 is 20.5. The van der Waals surface area contributed by atoms with Gasteiger partial charge in [0.1, 0.15) is 12.2 Å². The molecule has 0 aliphatic carbocycles. The zero-order chi connectivity index (χ0) is 29.8. The van der Waals surface area contributed by atoms with Crippen molar-refractivity contribution in [3.05, 3.63) is 30.6 Å². The van der Waals surface area contributed by atoms with Crippen LogP contribution in [-0.4, -0.2) is 71.1 Å². The van der Waals surface area contributed by atoms with E-state index in [0.29, 0.717) is 17.4 Å². The van der Waals surface area contributed by atoms with Crippen molar-refractivity contribution in [2.45, 2.75) is 140 Å². The number of ether oxygens (including phenoxy) is 1. The summed E-state index contributed by atoms with van der Waals surface area (Å²) in [6.07, 6.45) is 11.4. The third kappa shape index (κ3) is 8.79. The van der Waals surface area contributed by atoms with Gasteiger partial charge in [0.05, 0.1) is 10.2 Å². The molecule has 6 N–H and O–H groups in total. The Morgan fingerprint density at radius 2 is 1.48 bits per heavy atom. The highest BCUT2D eigenvalue weighted by molar-refractivity contribution is 14.1. The van der Waals surface area contributed by atoms with Crippen LogP contribution in [0, 0.1) is 3.57 Å². The normalized spacial score (nSPS) is 25.6. The second-order valence-corrected chi connectivity index (χ2v) is 11.9. The van der Waals surface area contributed by atoms with E-state index in [1.807, 2.05) is 4.98 Å². The minimum absolute atomic E-state index is 0.0994. The fraction of sp³-hybridized carbons (Fsp3) is 0.852. The number of hydrogen-bond donors (Lipinski definition) is 6. The lowest BCUT2D eigenvalue weighted by Gasteiger charge is -2.43. The zero-order valence-corrected chi connectivity index (χ0v) is 25.6. The molecule has 11 nitrogen and oxygen atoms in total. The number of nitrogens with one attached hydrogen (secondary N) is 1. The molecule has 0 aromatic carbocycles. The summed E-state index contributed by atoms with van der Waals surface area (Å²) in [6.45, 7) is 1.30. The monoisotopic (exact) mass is 687 g/mol. The second kappa shape index (κ2) is 17.2. The summed E-state index contributed by atoms with van der Waals surface area (Å²) in [5.41, 5.74) is -5.33. The van der Waals surface area contributed by atoms with E-state index in [9.17, 15) is 35.2 Å². The number of nitrogens with zero attached hydrogens (tertiary/aromatic N) is 2. The number of alkyl halides is 1. The number of aromatic nitrogens is 2. The summed E-state index contributed by atoms with van der Waals surface area (Å²) in [6, 6.07) is 0. The van der Waals surface area contributed by atoms with E-state index in [1.54, 1.807) is 22.6 Å². The van der Waals surface area contributed by atoms with Crippen LogP contribution in [0.2, 0.25) is 0 Å². The van der Waals surface area contributed by atoms with Crippen LogP contribution in [0.25, 0.3) is 0 Å². The maximum absolute atomic E-state index is 15.1. The molecule has 1 aliphatic rings. The van der Waals surface area contributed by atoms with Crippen LogP contribution in [-0.2, 0) is 10.6 Å². The van der Waals surface area contributed by atoms with Crippen LogP contribution in [0.4, 0.5) is 4.39 Å². The number of unbranched alkanes of at least 4 members (excludes halogenated alkanes) is 14. The summed E-state index contributed by atoms with van der Waals surface area (Å²) >= 11 is 1.55. The molecule has 0 saturated carbocycles. The number of aliphatic hydroxyl groups excluding tert-OH is 2. The van der Waals surface area contributed by atoms with Gasteiger partial charge in [0, 0.05) is 6.20 Å². The average molecular weight is 688 g/mol. The van der Waals surface area contributed by atoms with Crippen molar-refractivity contribution in [1.29, 1.82) is 0 Å². The molecular formula is C27H47FIN3O8. The van der Waals surface area contributed by atoms with Crippen molar-refractivity contribution in [2.75, 3.05) is 6.61 Å². The van der Waals surface area contributed by atoms with Gasteiger partial charge in [-0.15, -0.1) is 5.06 Å². The predicted octanol–water partition coefficient (Wildman–Crippen LogP) is 3.43. The minimum atomic E-state index is -3.29. The summed E-state index contributed by atoms with van der Waals surface area (Å²) in [5.74, 6) is -3.24. The van der Waals surface area contributed by atoms with E-state index in [0.717, 1.165) is 25.5 Å². The van der Waals surface area contributed by atoms with Crippen molar-refractivity contribution in [3.63, 3.8) is 0 Å². The van der Waals surface area contributed by atoms with E-state index in [4.69, 9.17) is 4.74 Å². The van der Waals surface area contributed by atoms with Gasteiger partial charge in [0.25, 0.3) is 5.56 Å². The number of aliphatic hydroxyl groups is 4. The lowest BCUT2D eigenvalue weighted by Crippen LogP contribution is -2.69. The Hall–Kier alpha value is -0.940. The van der Waals surface area contributed by atoms with E-state index < -0.39 is 48.0 Å². The first-order valence-electron chi connectivity index (χ1n) is 14.6. The van der Waals surface area contributed by atoms with Crippen LogP contribution < -0.4 is 11.2 Å². The Morgan fingerprint density at radius 1 is 1.00 bits per heavy atom. The van der Waals surface area contributed by atoms with Crippen LogP contribution in [0.3, 0.4) is 0 Å². The van der Waals surface area contributed by atoms with Crippen LogP contribution in [0.1, 0.15) is 110 Å². The molecule has 1 fully saturated rings. The van der Waals surface area contributed by atoms with Crippen LogP contribution in [0.5, 0.6) is 0 Å². The van der Waals surface area contributed by atoms with Gasteiger partial charge in [-0.25, -0.2) is 13.8 Å². The smallest absolute Gasteiger partial charge is 0.332 e. The molecule has 0 amide bonds. The Balaban J connectivity index is 1.81. The molecule has 13 heteroatoms. The number of rotatable bonds is 20. The van der Waals surface area contributed by atoms with E-state index in [1.165, 1.54) is 64.2 Å². The van der Waals surface area contributed by atoms with E-state index in [-0.39, 0.29) is 15.1 Å². The summed E-state index contributed by atoms with van der Waals surface area (Å²) in [7, 11) is 0. The van der Waals surface area contributed by atoms with Gasteiger partial charge in [-0.1, -0.05) is 96.8 Å². The third-order valence-electron chi connectivity index (χ3n) is 7.63. The van der Waals surface area contributed by atoms with Crippen molar-refractivity contribution >= 4 is 22.6 Å². The quantitative estimate of drug-likeness (QED) is 0.0396. The fourth-order valence-electron chi connectivity index (χ4n) is 5.16. The first kappa shape index (κ1) is 35.3. The average Bonchev–Trinajstić information content (AvgIpc) is 3.14. The maximum Gasteiger partial charge on any atom is 0.332 e. The Bertz CT molecular complexity index is 997. The van der Waals surface area contributed by atoms with Gasteiger partial charge in [-0.3, -0.25) is 9.78 Å². The molecule has 1 saturated heterocycles. The number of halogens is 2. The Kier molecular flexibility index (Phi) is 15.2. The number of H-pyrrole nitrogens is 1. The topological polar surface area (TPSA) is 168 Å². The van der Waals surface area contributed by atoms with Gasteiger partial charge in [-0.2, -0.15) is 0 Å². The van der Waals surface area contributed by atoms with E-state index >= 15 is 4.39 Å². The molecule has 1 aliphatic heterocycles. The molecule has 1 aromatic heterocycles.